The first-order chi connectivity index (χ1) is 8.84. The maximum absolute atomic E-state index is 2.42. The number of benzene rings is 1. The van der Waals surface area contributed by atoms with Crippen molar-refractivity contribution in [3.63, 3.8) is 0 Å². The standard InChI is InChI=1S/C17H15N/c1-18-16-9-5-4-8-14(16)15-10-12-6-2-3-7-13(12)11-17(15)18/h2-13H,1H3. The highest BCUT2D eigenvalue weighted by molar-refractivity contribution is 5.83. The van der Waals surface area contributed by atoms with E-state index in [0.717, 1.165) is 0 Å². The van der Waals surface area contributed by atoms with E-state index in [4.69, 9.17) is 0 Å². The van der Waals surface area contributed by atoms with Crippen molar-refractivity contribution in [1.29, 1.82) is 0 Å². The summed E-state index contributed by atoms with van der Waals surface area (Å²) < 4.78 is 2.31. The quantitative estimate of drug-likeness (QED) is 0.657. The average molecular weight is 233 g/mol. The van der Waals surface area contributed by atoms with Gasteiger partial charge in [-0.3, -0.25) is 0 Å². The van der Waals surface area contributed by atoms with Gasteiger partial charge in [0.05, 0.1) is 0 Å². The first-order valence-corrected chi connectivity index (χ1v) is 6.47. The lowest BCUT2D eigenvalue weighted by molar-refractivity contribution is 0.715. The second kappa shape index (κ2) is 3.49. The van der Waals surface area contributed by atoms with E-state index in [2.05, 4.69) is 72.3 Å². The van der Waals surface area contributed by atoms with E-state index in [1.165, 1.54) is 21.5 Å². The summed E-state index contributed by atoms with van der Waals surface area (Å²) in [5, 5.41) is 4.12. The van der Waals surface area contributed by atoms with Crippen molar-refractivity contribution in [3.05, 3.63) is 59.1 Å². The van der Waals surface area contributed by atoms with E-state index >= 15 is 0 Å². The van der Waals surface area contributed by atoms with Crippen LogP contribution in [0.3, 0.4) is 0 Å². The summed E-state index contributed by atoms with van der Waals surface area (Å²) in [6, 6.07) is 8.66. The summed E-state index contributed by atoms with van der Waals surface area (Å²) in [6.07, 6.45) is 13.7. The zero-order valence-electron chi connectivity index (χ0n) is 10.4. The maximum Gasteiger partial charge on any atom is 0.0488 e. The fourth-order valence-corrected chi connectivity index (χ4v) is 3.17. The van der Waals surface area contributed by atoms with Crippen LogP contribution >= 0.6 is 0 Å². The smallest absolute Gasteiger partial charge is 0.0488 e. The number of rotatable bonds is 0. The largest absolute Gasteiger partial charge is 0.344 e. The molecule has 2 aliphatic rings. The monoisotopic (exact) mass is 233 g/mol. The Labute approximate surface area is 106 Å². The molecule has 0 amide bonds. The highest BCUT2D eigenvalue weighted by atomic mass is 14.9. The molecule has 2 aliphatic carbocycles. The molecular weight excluding hydrogens is 218 g/mol. The Morgan fingerprint density at radius 1 is 0.944 bits per heavy atom. The van der Waals surface area contributed by atoms with Gasteiger partial charge in [-0.1, -0.05) is 54.7 Å². The molecule has 0 radical (unpaired) electrons. The number of aryl methyl sites for hydroxylation is 1. The minimum atomic E-state index is 0.519. The van der Waals surface area contributed by atoms with Crippen molar-refractivity contribution in [2.24, 2.45) is 18.9 Å². The van der Waals surface area contributed by atoms with Gasteiger partial charge in [0.25, 0.3) is 0 Å². The summed E-state index contributed by atoms with van der Waals surface area (Å²) in [7, 11) is 2.16. The number of hydrogen-bond donors (Lipinski definition) is 0. The molecule has 1 aromatic carbocycles. The van der Waals surface area contributed by atoms with Crippen LogP contribution in [0.2, 0.25) is 0 Å². The second-order valence-corrected chi connectivity index (χ2v) is 5.13. The van der Waals surface area contributed by atoms with Crippen LogP contribution in [0.25, 0.3) is 23.1 Å². The Bertz CT molecular complexity index is 802. The molecule has 4 rings (SSSR count). The van der Waals surface area contributed by atoms with Crippen LogP contribution in [0.15, 0.2) is 48.6 Å². The van der Waals surface area contributed by atoms with E-state index in [0.29, 0.717) is 11.8 Å². The van der Waals surface area contributed by atoms with Crippen LogP contribution in [0.4, 0.5) is 0 Å². The topological polar surface area (TPSA) is 4.93 Å². The number of para-hydroxylation sites is 1. The molecule has 0 bridgehead atoms. The molecule has 0 spiro atoms. The van der Waals surface area contributed by atoms with Gasteiger partial charge >= 0.3 is 0 Å². The molecule has 18 heavy (non-hydrogen) atoms. The fourth-order valence-electron chi connectivity index (χ4n) is 3.17. The van der Waals surface area contributed by atoms with Crippen LogP contribution in [0.1, 0.15) is 0 Å². The van der Waals surface area contributed by atoms with Crippen molar-refractivity contribution in [3.8, 4) is 0 Å². The van der Waals surface area contributed by atoms with Crippen LogP contribution < -0.4 is 10.6 Å². The predicted molar refractivity (Wildman–Crippen MR) is 76.4 cm³/mol. The fraction of sp³-hybridized carbons (Fsp3) is 0.176. The molecule has 0 fully saturated rings. The van der Waals surface area contributed by atoms with Crippen molar-refractivity contribution < 1.29 is 0 Å². The molecule has 1 nitrogen and oxygen atoms in total. The first-order valence-electron chi connectivity index (χ1n) is 6.47. The van der Waals surface area contributed by atoms with Gasteiger partial charge in [-0.2, -0.15) is 0 Å². The van der Waals surface area contributed by atoms with Crippen molar-refractivity contribution in [2.45, 2.75) is 0 Å². The summed E-state index contributed by atoms with van der Waals surface area (Å²) in [5.41, 5.74) is 1.32. The molecule has 2 unspecified atom stereocenters. The van der Waals surface area contributed by atoms with E-state index < -0.39 is 0 Å². The number of fused-ring (bicyclic) bond motifs is 4. The molecule has 0 saturated carbocycles. The minimum absolute atomic E-state index is 0.519. The number of aromatic nitrogens is 1. The lowest BCUT2D eigenvalue weighted by Crippen LogP contribution is -2.34. The van der Waals surface area contributed by atoms with Crippen molar-refractivity contribution in [2.75, 3.05) is 0 Å². The van der Waals surface area contributed by atoms with Crippen LogP contribution in [0, 0.1) is 11.8 Å². The van der Waals surface area contributed by atoms with Crippen LogP contribution in [-0.2, 0) is 7.05 Å². The molecule has 0 aliphatic heterocycles. The lowest BCUT2D eigenvalue weighted by Gasteiger charge is -2.20. The lowest BCUT2D eigenvalue weighted by atomic mass is 9.85. The highest BCUT2D eigenvalue weighted by Gasteiger charge is 2.19. The van der Waals surface area contributed by atoms with E-state index in [-0.39, 0.29) is 0 Å². The number of nitrogens with zero attached hydrogens (tertiary/aromatic N) is 1. The molecular formula is C17H15N. The van der Waals surface area contributed by atoms with Gasteiger partial charge in [0.1, 0.15) is 0 Å². The zero-order chi connectivity index (χ0) is 12.1. The third kappa shape index (κ3) is 1.22. The molecule has 1 heteroatoms. The molecule has 0 N–H and O–H groups in total. The Morgan fingerprint density at radius 3 is 2.50 bits per heavy atom. The Kier molecular flexibility index (Phi) is 1.93. The Morgan fingerprint density at radius 2 is 1.67 bits per heavy atom. The van der Waals surface area contributed by atoms with E-state index in [9.17, 15) is 0 Å². The van der Waals surface area contributed by atoms with Gasteiger partial charge in [-0.15, -0.1) is 0 Å². The number of hydrogen-bond acceptors (Lipinski definition) is 0. The summed E-state index contributed by atoms with van der Waals surface area (Å²) >= 11 is 0. The van der Waals surface area contributed by atoms with Gasteiger partial charge in [0, 0.05) is 40.4 Å². The highest BCUT2D eigenvalue weighted by Crippen LogP contribution is 2.24. The molecule has 88 valence electrons. The van der Waals surface area contributed by atoms with Crippen LogP contribution in [-0.4, -0.2) is 4.57 Å². The SMILES string of the molecule is Cn1c2c(c3ccccc31)=CC1C=CC=CC1C=2. The van der Waals surface area contributed by atoms with Gasteiger partial charge in [-0.25, -0.2) is 0 Å². The normalized spacial score (nSPS) is 24.3. The van der Waals surface area contributed by atoms with Crippen LogP contribution in [0.5, 0.6) is 0 Å². The van der Waals surface area contributed by atoms with Gasteiger partial charge in [0.15, 0.2) is 0 Å². The molecule has 2 aromatic rings. The second-order valence-electron chi connectivity index (χ2n) is 5.13. The first kappa shape index (κ1) is 9.95. The Hall–Kier alpha value is -2.02. The molecule has 2 atom stereocenters. The van der Waals surface area contributed by atoms with E-state index in [1.54, 1.807) is 0 Å². The third-order valence-corrected chi connectivity index (χ3v) is 4.12. The average Bonchev–Trinajstić information content (AvgIpc) is 2.71. The Balaban J connectivity index is 2.16. The summed E-state index contributed by atoms with van der Waals surface area (Å²) in [5.74, 6) is 1.04. The van der Waals surface area contributed by atoms with Gasteiger partial charge < -0.3 is 4.57 Å². The maximum atomic E-state index is 2.42. The molecule has 1 heterocycles. The van der Waals surface area contributed by atoms with Crippen molar-refractivity contribution >= 4 is 23.1 Å². The van der Waals surface area contributed by atoms with Gasteiger partial charge in [0.2, 0.25) is 0 Å². The van der Waals surface area contributed by atoms with E-state index in [1.807, 2.05) is 0 Å². The molecule has 0 saturated heterocycles. The number of allylic oxidation sites excluding steroid dienone is 4. The van der Waals surface area contributed by atoms with Gasteiger partial charge in [-0.05, 0) is 6.07 Å². The summed E-state index contributed by atoms with van der Waals surface area (Å²) in [4.78, 5) is 0. The minimum Gasteiger partial charge on any atom is -0.344 e. The summed E-state index contributed by atoms with van der Waals surface area (Å²) in [6.45, 7) is 0. The third-order valence-electron chi connectivity index (χ3n) is 4.12. The zero-order valence-corrected chi connectivity index (χ0v) is 10.4. The van der Waals surface area contributed by atoms with Crippen molar-refractivity contribution in [1.82, 2.24) is 4.57 Å². The molecule has 1 aromatic heterocycles. The predicted octanol–water partition coefficient (Wildman–Crippen LogP) is 2.11.